The smallest absolute Gasteiger partial charge is 0.416 e. The van der Waals surface area contributed by atoms with Gasteiger partial charge in [-0.1, -0.05) is 0 Å². The van der Waals surface area contributed by atoms with Crippen LogP contribution in [0, 0.1) is 11.7 Å². The highest BCUT2D eigenvalue weighted by molar-refractivity contribution is 6.00. The number of amides is 1. The van der Waals surface area contributed by atoms with Crippen molar-refractivity contribution in [1.82, 2.24) is 4.57 Å². The van der Waals surface area contributed by atoms with Gasteiger partial charge in [0.25, 0.3) is 5.56 Å². The SMILES string of the molecule is NC(=O)C1CCn2c1c(C(=O)OCC1CC1)c(Nc1ccc(C(F)(F)F)cc1F)cc2=O. The van der Waals surface area contributed by atoms with Crippen LogP contribution in [-0.2, 0) is 22.3 Å². The van der Waals surface area contributed by atoms with Gasteiger partial charge >= 0.3 is 12.1 Å². The van der Waals surface area contributed by atoms with Crippen LogP contribution in [0.15, 0.2) is 29.1 Å². The zero-order valence-corrected chi connectivity index (χ0v) is 16.7. The Kier molecular flexibility index (Phi) is 5.43. The lowest BCUT2D eigenvalue weighted by molar-refractivity contribution is -0.137. The summed E-state index contributed by atoms with van der Waals surface area (Å²) in [4.78, 5) is 37.5. The van der Waals surface area contributed by atoms with Gasteiger partial charge in [-0.25, -0.2) is 9.18 Å². The first kappa shape index (κ1) is 21.8. The van der Waals surface area contributed by atoms with Gasteiger partial charge in [0, 0.05) is 12.6 Å². The summed E-state index contributed by atoms with van der Waals surface area (Å²) in [5.74, 6) is -3.52. The number of halogens is 4. The number of nitrogens with zero attached hydrogens (tertiary/aromatic N) is 1. The van der Waals surface area contributed by atoms with E-state index in [1.54, 1.807) is 0 Å². The molecular weight excluding hydrogens is 434 g/mol. The first-order chi connectivity index (χ1) is 15.1. The Morgan fingerprint density at radius 1 is 1.16 bits per heavy atom. The molecule has 1 aliphatic heterocycles. The van der Waals surface area contributed by atoms with Crippen LogP contribution in [-0.4, -0.2) is 23.1 Å². The molecule has 0 radical (unpaired) electrons. The van der Waals surface area contributed by atoms with Crippen LogP contribution in [0.25, 0.3) is 0 Å². The number of nitrogens with two attached hydrogens (primary N) is 1. The van der Waals surface area contributed by atoms with Crippen molar-refractivity contribution in [2.45, 2.75) is 37.9 Å². The summed E-state index contributed by atoms with van der Waals surface area (Å²) in [5.41, 5.74) is 3.04. The maximum absolute atomic E-state index is 14.4. The van der Waals surface area contributed by atoms with Gasteiger partial charge < -0.3 is 20.4 Å². The Morgan fingerprint density at radius 3 is 2.47 bits per heavy atom. The number of hydrogen-bond acceptors (Lipinski definition) is 5. The van der Waals surface area contributed by atoms with Crippen LogP contribution in [0.3, 0.4) is 0 Å². The maximum atomic E-state index is 14.4. The van der Waals surface area contributed by atoms with E-state index in [-0.39, 0.29) is 48.1 Å². The molecule has 2 aliphatic rings. The number of anilines is 2. The Hall–Kier alpha value is -3.37. The number of carbonyl (C=O) groups excluding carboxylic acids is 2. The van der Waals surface area contributed by atoms with Crippen LogP contribution in [0.5, 0.6) is 0 Å². The topological polar surface area (TPSA) is 103 Å². The van der Waals surface area contributed by atoms with E-state index in [0.29, 0.717) is 12.1 Å². The molecular formula is C21H19F4N3O4. The fourth-order valence-electron chi connectivity index (χ4n) is 3.73. The molecule has 11 heteroatoms. The van der Waals surface area contributed by atoms with Crippen LogP contribution in [0.1, 0.15) is 46.8 Å². The van der Waals surface area contributed by atoms with Gasteiger partial charge in [0.05, 0.1) is 35.2 Å². The molecule has 1 amide bonds. The summed E-state index contributed by atoms with van der Waals surface area (Å²) in [6.07, 6.45) is -2.72. The molecule has 1 aromatic carbocycles. The molecule has 0 bridgehead atoms. The molecule has 170 valence electrons. The maximum Gasteiger partial charge on any atom is 0.416 e. The lowest BCUT2D eigenvalue weighted by Crippen LogP contribution is -2.28. The second-order valence-corrected chi connectivity index (χ2v) is 7.91. The molecule has 2 heterocycles. The fraction of sp³-hybridized carbons (Fsp3) is 0.381. The number of hydrogen-bond donors (Lipinski definition) is 2. The molecule has 7 nitrogen and oxygen atoms in total. The quantitative estimate of drug-likeness (QED) is 0.516. The highest BCUT2D eigenvalue weighted by Crippen LogP contribution is 2.37. The van der Waals surface area contributed by atoms with Crippen molar-refractivity contribution in [2.75, 3.05) is 11.9 Å². The number of esters is 1. The predicted octanol–water partition coefficient (Wildman–Crippen LogP) is 3.29. The van der Waals surface area contributed by atoms with Crippen molar-refractivity contribution < 1.29 is 31.9 Å². The van der Waals surface area contributed by atoms with Crippen molar-refractivity contribution in [3.63, 3.8) is 0 Å². The second kappa shape index (κ2) is 7.95. The average Bonchev–Trinajstić information content (AvgIpc) is 3.43. The third-order valence-corrected chi connectivity index (χ3v) is 5.58. The number of nitrogens with one attached hydrogen (secondary N) is 1. The third kappa shape index (κ3) is 4.19. The summed E-state index contributed by atoms with van der Waals surface area (Å²) < 4.78 is 59.5. The molecule has 1 aliphatic carbocycles. The molecule has 1 saturated carbocycles. The first-order valence-electron chi connectivity index (χ1n) is 9.94. The number of carbonyl (C=O) groups is 2. The van der Waals surface area contributed by atoms with E-state index in [1.165, 1.54) is 4.57 Å². The zero-order chi connectivity index (χ0) is 23.2. The highest BCUT2D eigenvalue weighted by atomic mass is 19.4. The molecule has 32 heavy (non-hydrogen) atoms. The fourth-order valence-corrected chi connectivity index (χ4v) is 3.73. The summed E-state index contributed by atoms with van der Waals surface area (Å²) in [6, 6.07) is 2.86. The number of rotatable bonds is 6. The van der Waals surface area contributed by atoms with E-state index in [4.69, 9.17) is 10.5 Å². The molecule has 4 rings (SSSR count). The van der Waals surface area contributed by atoms with Gasteiger partial charge in [0.2, 0.25) is 5.91 Å². The minimum atomic E-state index is -4.74. The van der Waals surface area contributed by atoms with Crippen LogP contribution in [0.2, 0.25) is 0 Å². The number of aromatic nitrogens is 1. The van der Waals surface area contributed by atoms with Crippen molar-refractivity contribution >= 4 is 23.3 Å². The molecule has 1 atom stereocenters. The van der Waals surface area contributed by atoms with Gasteiger partial charge in [0.1, 0.15) is 11.4 Å². The van der Waals surface area contributed by atoms with Gasteiger partial charge in [-0.15, -0.1) is 0 Å². The Labute approximate surface area is 179 Å². The van der Waals surface area contributed by atoms with Gasteiger partial charge in [-0.2, -0.15) is 13.2 Å². The third-order valence-electron chi connectivity index (χ3n) is 5.58. The van der Waals surface area contributed by atoms with E-state index < -0.39 is 40.9 Å². The van der Waals surface area contributed by atoms with Crippen molar-refractivity contribution in [2.24, 2.45) is 11.7 Å². The molecule has 1 aromatic heterocycles. The zero-order valence-electron chi connectivity index (χ0n) is 16.7. The van der Waals surface area contributed by atoms with Gasteiger partial charge in [-0.3, -0.25) is 9.59 Å². The monoisotopic (exact) mass is 453 g/mol. The van der Waals surface area contributed by atoms with Crippen LogP contribution < -0.4 is 16.6 Å². The van der Waals surface area contributed by atoms with Crippen LogP contribution in [0.4, 0.5) is 28.9 Å². The summed E-state index contributed by atoms with van der Waals surface area (Å²) in [7, 11) is 0. The van der Waals surface area contributed by atoms with E-state index in [0.717, 1.165) is 25.0 Å². The number of primary amides is 1. The largest absolute Gasteiger partial charge is 0.462 e. The van der Waals surface area contributed by atoms with Crippen molar-refractivity contribution in [3.8, 4) is 0 Å². The molecule has 0 spiro atoms. The average molecular weight is 453 g/mol. The Balaban J connectivity index is 1.78. The number of fused-ring (bicyclic) bond motifs is 1. The van der Waals surface area contributed by atoms with E-state index in [1.807, 2.05) is 0 Å². The minimum absolute atomic E-state index is 0.0561. The lowest BCUT2D eigenvalue weighted by atomic mass is 9.98. The number of ether oxygens (including phenoxy) is 1. The summed E-state index contributed by atoms with van der Waals surface area (Å²) in [6.45, 7) is 0.298. The number of benzene rings is 1. The second-order valence-electron chi connectivity index (χ2n) is 7.91. The Bertz CT molecular complexity index is 1150. The number of pyridine rings is 1. The van der Waals surface area contributed by atoms with Gasteiger partial charge in [0.15, 0.2) is 0 Å². The normalized spacial score (nSPS) is 17.7. The highest BCUT2D eigenvalue weighted by Gasteiger charge is 2.36. The van der Waals surface area contributed by atoms with Gasteiger partial charge in [-0.05, 0) is 43.4 Å². The lowest BCUT2D eigenvalue weighted by Gasteiger charge is -2.19. The van der Waals surface area contributed by atoms with E-state index in [2.05, 4.69) is 5.32 Å². The summed E-state index contributed by atoms with van der Waals surface area (Å²) in [5, 5.41) is 2.53. The molecule has 2 aromatic rings. The number of alkyl halides is 3. The van der Waals surface area contributed by atoms with Crippen LogP contribution >= 0.6 is 0 Å². The standard InChI is InChI=1S/C21H19F4N3O4/c22-13-7-11(21(23,24)25)3-4-14(13)27-15-8-16(29)28-6-5-12(19(26)30)18(28)17(15)20(31)32-9-10-1-2-10/h3-4,7-8,10,12,27H,1-2,5-6,9H2,(H2,26,30). The minimum Gasteiger partial charge on any atom is -0.462 e. The summed E-state index contributed by atoms with van der Waals surface area (Å²) >= 11 is 0. The molecule has 3 N–H and O–H groups in total. The molecule has 0 saturated heterocycles. The molecule has 1 fully saturated rings. The Morgan fingerprint density at radius 2 is 1.88 bits per heavy atom. The van der Waals surface area contributed by atoms with Crippen molar-refractivity contribution in [1.29, 1.82) is 0 Å². The molecule has 1 unspecified atom stereocenters. The van der Waals surface area contributed by atoms with Crippen molar-refractivity contribution in [3.05, 3.63) is 57.3 Å². The first-order valence-corrected chi connectivity index (χ1v) is 9.94. The van der Waals surface area contributed by atoms with E-state index in [9.17, 15) is 31.9 Å². The predicted molar refractivity (Wildman–Crippen MR) is 105 cm³/mol. The van der Waals surface area contributed by atoms with E-state index >= 15 is 0 Å².